The molecular weight excluding hydrogens is 346 g/mol. The average Bonchev–Trinajstić information content (AvgIpc) is 2.52. The minimum Gasteiger partial charge on any atom is -0.481 e. The summed E-state index contributed by atoms with van der Waals surface area (Å²) in [5.41, 5.74) is -0.0872. The largest absolute Gasteiger partial charge is 0.481 e. The van der Waals surface area contributed by atoms with Gasteiger partial charge in [0, 0.05) is 30.8 Å². The lowest BCUT2D eigenvalue weighted by molar-refractivity contribution is 0.0473. The highest BCUT2D eigenvalue weighted by Gasteiger charge is 2.26. The summed E-state index contributed by atoms with van der Waals surface area (Å²) in [5, 5.41) is 3.06. The van der Waals surface area contributed by atoms with Crippen LogP contribution in [0.5, 0.6) is 5.88 Å². The van der Waals surface area contributed by atoms with Crippen molar-refractivity contribution in [3.63, 3.8) is 0 Å². The molecule has 1 N–H and O–H groups in total. The number of alkyl carbamates (subject to hydrolysis) is 1. The van der Waals surface area contributed by atoms with Crippen LogP contribution in [0, 0.1) is 0 Å². The highest BCUT2D eigenvalue weighted by Crippen LogP contribution is 2.20. The Morgan fingerprint density at radius 1 is 1.28 bits per heavy atom. The number of nitrogens with one attached hydrogen (secondary N) is 1. The number of ether oxygens (including phenoxy) is 2. The molecule has 2 rings (SSSR count). The Bertz CT molecular complexity index is 637. The van der Waals surface area contributed by atoms with Crippen LogP contribution in [-0.4, -0.2) is 53.7 Å². The normalized spacial score (nSPS) is 15.6. The number of nitrogens with zero attached hydrogens (tertiary/aromatic N) is 2. The molecular formula is C17H24ClN3O4. The Balaban J connectivity index is 1.90. The van der Waals surface area contributed by atoms with Crippen LogP contribution in [0.1, 0.15) is 44.0 Å². The first-order chi connectivity index (χ1) is 11.7. The van der Waals surface area contributed by atoms with E-state index in [4.69, 9.17) is 21.1 Å². The number of carbonyl (C=O) groups is 2. The van der Waals surface area contributed by atoms with Gasteiger partial charge in [-0.3, -0.25) is 4.79 Å². The van der Waals surface area contributed by atoms with Gasteiger partial charge in [0.05, 0.1) is 7.11 Å². The zero-order chi connectivity index (χ0) is 18.6. The van der Waals surface area contributed by atoms with Crippen LogP contribution >= 0.6 is 11.6 Å². The Kier molecular flexibility index (Phi) is 6.11. The number of hydrogen-bond acceptors (Lipinski definition) is 5. The topological polar surface area (TPSA) is 80.8 Å². The van der Waals surface area contributed by atoms with E-state index in [9.17, 15) is 9.59 Å². The van der Waals surface area contributed by atoms with Gasteiger partial charge in [-0.05, 0) is 39.7 Å². The van der Waals surface area contributed by atoms with Crippen LogP contribution < -0.4 is 10.1 Å². The molecule has 0 bridgehead atoms. The molecule has 2 heterocycles. The molecule has 25 heavy (non-hydrogen) atoms. The van der Waals surface area contributed by atoms with Crippen LogP contribution in [0.2, 0.25) is 5.15 Å². The molecule has 1 aromatic rings. The van der Waals surface area contributed by atoms with Crippen molar-refractivity contribution in [1.82, 2.24) is 15.2 Å². The highest BCUT2D eigenvalue weighted by molar-refractivity contribution is 6.29. The van der Waals surface area contributed by atoms with E-state index in [0.717, 1.165) is 0 Å². The zero-order valence-electron chi connectivity index (χ0n) is 15.0. The van der Waals surface area contributed by atoms with Gasteiger partial charge in [-0.2, -0.15) is 0 Å². The third kappa shape index (κ3) is 5.77. The van der Waals surface area contributed by atoms with Crippen molar-refractivity contribution >= 4 is 23.6 Å². The second-order valence-corrected chi connectivity index (χ2v) is 7.32. The fourth-order valence-corrected chi connectivity index (χ4v) is 2.79. The van der Waals surface area contributed by atoms with E-state index in [1.807, 2.05) is 20.8 Å². The van der Waals surface area contributed by atoms with Crippen molar-refractivity contribution in [2.45, 2.75) is 45.3 Å². The van der Waals surface area contributed by atoms with Gasteiger partial charge in [-0.15, -0.1) is 0 Å². The lowest BCUT2D eigenvalue weighted by Gasteiger charge is -2.33. The molecule has 0 aliphatic carbocycles. The number of aromatic nitrogens is 1. The molecule has 2 amide bonds. The maximum absolute atomic E-state index is 12.6. The minimum absolute atomic E-state index is 0.00513. The second-order valence-electron chi connectivity index (χ2n) is 6.93. The summed E-state index contributed by atoms with van der Waals surface area (Å²) < 4.78 is 10.3. The third-order valence-corrected chi connectivity index (χ3v) is 3.92. The number of likely N-dealkylation sites (tertiary alicyclic amines) is 1. The van der Waals surface area contributed by atoms with Crippen molar-refractivity contribution in [2.75, 3.05) is 20.2 Å². The van der Waals surface area contributed by atoms with Crippen LogP contribution in [0.3, 0.4) is 0 Å². The molecule has 0 unspecified atom stereocenters. The lowest BCUT2D eigenvalue weighted by Crippen LogP contribution is -2.47. The number of amides is 2. The number of pyridine rings is 1. The quantitative estimate of drug-likeness (QED) is 0.828. The van der Waals surface area contributed by atoms with Crippen LogP contribution in [0.25, 0.3) is 0 Å². The molecule has 1 aliphatic heterocycles. The molecule has 1 fully saturated rings. The van der Waals surface area contributed by atoms with Crippen molar-refractivity contribution in [3.8, 4) is 5.88 Å². The van der Waals surface area contributed by atoms with Gasteiger partial charge in [0.25, 0.3) is 5.91 Å². The summed E-state index contributed by atoms with van der Waals surface area (Å²) in [4.78, 5) is 30.1. The van der Waals surface area contributed by atoms with Gasteiger partial charge in [0.1, 0.15) is 10.8 Å². The predicted octanol–water partition coefficient (Wildman–Crippen LogP) is 2.87. The molecule has 0 saturated carbocycles. The van der Waals surface area contributed by atoms with Crippen LogP contribution in [0.4, 0.5) is 4.79 Å². The van der Waals surface area contributed by atoms with Crippen molar-refractivity contribution in [3.05, 3.63) is 22.8 Å². The molecule has 8 heteroatoms. The molecule has 0 aromatic carbocycles. The number of piperidine rings is 1. The molecule has 1 saturated heterocycles. The fraction of sp³-hybridized carbons (Fsp3) is 0.588. The minimum atomic E-state index is -0.527. The molecule has 1 aliphatic rings. The molecule has 0 atom stereocenters. The molecule has 1 aromatic heterocycles. The third-order valence-electron chi connectivity index (χ3n) is 3.73. The summed E-state index contributed by atoms with van der Waals surface area (Å²) in [7, 11) is 1.47. The summed E-state index contributed by atoms with van der Waals surface area (Å²) in [6, 6.07) is 3.09. The Morgan fingerprint density at radius 3 is 2.48 bits per heavy atom. The number of hydrogen-bond donors (Lipinski definition) is 1. The van der Waals surface area contributed by atoms with Crippen molar-refractivity contribution in [2.24, 2.45) is 0 Å². The summed E-state index contributed by atoms with van der Waals surface area (Å²) >= 11 is 5.92. The Morgan fingerprint density at radius 2 is 1.92 bits per heavy atom. The maximum Gasteiger partial charge on any atom is 0.407 e. The average molecular weight is 370 g/mol. The Hall–Kier alpha value is -2.02. The van der Waals surface area contributed by atoms with Crippen LogP contribution in [-0.2, 0) is 4.74 Å². The zero-order valence-corrected chi connectivity index (χ0v) is 15.7. The standard InChI is InChI=1S/C17H24ClN3O4/c1-17(2,3)25-16(23)19-12-5-7-21(8-6-12)15(22)11-9-13(18)20-14(10-11)24-4/h9-10,12H,5-8H2,1-4H3,(H,19,23). The van der Waals surface area contributed by atoms with Gasteiger partial charge in [0.15, 0.2) is 0 Å². The molecule has 0 spiro atoms. The van der Waals surface area contributed by atoms with Gasteiger partial charge >= 0.3 is 6.09 Å². The van der Waals surface area contributed by atoms with E-state index in [2.05, 4.69) is 10.3 Å². The first-order valence-corrected chi connectivity index (χ1v) is 8.56. The Labute approximate surface area is 152 Å². The van der Waals surface area contributed by atoms with E-state index in [1.165, 1.54) is 13.2 Å². The highest BCUT2D eigenvalue weighted by atomic mass is 35.5. The number of rotatable bonds is 3. The van der Waals surface area contributed by atoms with E-state index < -0.39 is 11.7 Å². The summed E-state index contributed by atoms with van der Waals surface area (Å²) in [5.74, 6) is 0.177. The molecule has 0 radical (unpaired) electrons. The molecule has 138 valence electrons. The van der Waals surface area contributed by atoms with Gasteiger partial charge in [-0.1, -0.05) is 11.6 Å². The SMILES string of the molecule is COc1cc(C(=O)N2CCC(NC(=O)OC(C)(C)C)CC2)cc(Cl)n1. The first-order valence-electron chi connectivity index (χ1n) is 8.18. The fourth-order valence-electron chi connectivity index (χ4n) is 2.58. The number of halogens is 1. The molecule has 7 nitrogen and oxygen atoms in total. The smallest absolute Gasteiger partial charge is 0.407 e. The summed E-state index contributed by atoms with van der Waals surface area (Å²) in [6.07, 6.45) is 0.907. The van der Waals surface area contributed by atoms with Crippen LogP contribution in [0.15, 0.2) is 12.1 Å². The van der Waals surface area contributed by atoms with E-state index in [0.29, 0.717) is 37.4 Å². The van der Waals surface area contributed by atoms with E-state index in [-0.39, 0.29) is 17.1 Å². The van der Waals surface area contributed by atoms with E-state index >= 15 is 0 Å². The van der Waals surface area contributed by atoms with Crippen molar-refractivity contribution < 1.29 is 19.1 Å². The maximum atomic E-state index is 12.6. The van der Waals surface area contributed by atoms with Gasteiger partial charge < -0.3 is 19.7 Å². The lowest BCUT2D eigenvalue weighted by atomic mass is 10.0. The van der Waals surface area contributed by atoms with Crippen molar-refractivity contribution in [1.29, 1.82) is 0 Å². The van der Waals surface area contributed by atoms with Gasteiger partial charge in [0.2, 0.25) is 5.88 Å². The monoisotopic (exact) mass is 369 g/mol. The van der Waals surface area contributed by atoms with Gasteiger partial charge in [-0.25, -0.2) is 9.78 Å². The second kappa shape index (κ2) is 7.91. The predicted molar refractivity (Wildman–Crippen MR) is 94.1 cm³/mol. The van der Waals surface area contributed by atoms with E-state index in [1.54, 1.807) is 11.0 Å². The number of carbonyl (C=O) groups excluding carboxylic acids is 2. The number of methoxy groups -OCH3 is 1. The summed E-state index contributed by atoms with van der Waals surface area (Å²) in [6.45, 7) is 6.55. The first kappa shape index (κ1) is 19.3.